The third-order valence-corrected chi connectivity index (χ3v) is 8.65. The molecule has 1 saturated carbocycles. The van der Waals surface area contributed by atoms with Crippen LogP contribution >= 0.6 is 0 Å². The second-order valence-electron chi connectivity index (χ2n) is 10.1. The third-order valence-electron chi connectivity index (χ3n) is 7.54. The van der Waals surface area contributed by atoms with E-state index in [1.54, 1.807) is 18.2 Å². The maximum Gasteiger partial charge on any atom is 0.244 e. The summed E-state index contributed by atoms with van der Waals surface area (Å²) in [5.41, 5.74) is 3.76. The van der Waals surface area contributed by atoms with Crippen molar-refractivity contribution < 1.29 is 13.2 Å². The van der Waals surface area contributed by atoms with Gasteiger partial charge in [0, 0.05) is 31.5 Å². The molecule has 190 valence electrons. The molecule has 1 N–H and O–H groups in total. The Kier molecular flexibility index (Phi) is 8.60. The lowest BCUT2D eigenvalue weighted by Gasteiger charge is -2.30. The van der Waals surface area contributed by atoms with E-state index in [0.29, 0.717) is 16.4 Å². The first-order valence-corrected chi connectivity index (χ1v) is 14.7. The molecule has 0 saturated heterocycles. The zero-order valence-corrected chi connectivity index (χ0v) is 21.8. The summed E-state index contributed by atoms with van der Waals surface area (Å²) < 4.78 is 23.8. The molecule has 4 rings (SSSR count). The van der Waals surface area contributed by atoms with Crippen molar-refractivity contribution in [2.24, 2.45) is 5.92 Å². The molecule has 2 aromatic carbocycles. The topological polar surface area (TPSA) is 90.3 Å². The van der Waals surface area contributed by atoms with Crippen LogP contribution in [0.1, 0.15) is 54.4 Å². The summed E-state index contributed by atoms with van der Waals surface area (Å²) in [6.07, 6.45) is 11.8. The van der Waals surface area contributed by atoms with Crippen molar-refractivity contribution in [3.05, 3.63) is 70.8 Å². The van der Waals surface area contributed by atoms with Crippen molar-refractivity contribution in [3.8, 4) is 6.07 Å². The number of nitriles is 1. The quantitative estimate of drug-likeness (QED) is 0.571. The van der Waals surface area contributed by atoms with Gasteiger partial charge in [0.25, 0.3) is 0 Å². The van der Waals surface area contributed by atoms with Gasteiger partial charge in [0.1, 0.15) is 0 Å². The highest BCUT2D eigenvalue weighted by Gasteiger charge is 2.23. The Morgan fingerprint density at radius 1 is 1.08 bits per heavy atom. The zero-order valence-electron chi connectivity index (χ0n) is 20.9. The van der Waals surface area contributed by atoms with Crippen molar-refractivity contribution in [1.29, 1.82) is 5.26 Å². The Morgan fingerprint density at radius 3 is 2.53 bits per heavy atom. The fourth-order valence-electron chi connectivity index (χ4n) is 5.32. The first-order chi connectivity index (χ1) is 17.3. The summed E-state index contributed by atoms with van der Waals surface area (Å²) in [4.78, 5) is 15.3. The van der Waals surface area contributed by atoms with E-state index in [9.17, 15) is 18.5 Å². The predicted octanol–water partition coefficient (Wildman–Crippen LogP) is 4.14. The number of carbonyl (C=O) groups excluding carboxylic acids is 1. The van der Waals surface area contributed by atoms with Gasteiger partial charge in [-0.25, -0.2) is 8.42 Å². The lowest BCUT2D eigenvalue weighted by Crippen LogP contribution is -2.37. The van der Waals surface area contributed by atoms with Gasteiger partial charge >= 0.3 is 0 Å². The van der Waals surface area contributed by atoms with Crippen LogP contribution in [0.4, 0.5) is 0 Å². The van der Waals surface area contributed by atoms with Crippen LogP contribution < -0.4 is 5.32 Å². The smallest absolute Gasteiger partial charge is 0.244 e. The average Bonchev–Trinajstić information content (AvgIpc) is 3.08. The number of fused-ring (bicyclic) bond motifs is 1. The molecular formula is C29H35N3O3S. The van der Waals surface area contributed by atoms with E-state index in [4.69, 9.17) is 0 Å². The molecule has 0 unspecified atom stereocenters. The minimum absolute atomic E-state index is 0.102. The van der Waals surface area contributed by atoms with Crippen LogP contribution in [-0.4, -0.2) is 51.2 Å². The molecule has 2 aliphatic rings. The van der Waals surface area contributed by atoms with Gasteiger partial charge in [-0.05, 0) is 98.4 Å². The minimum Gasteiger partial charge on any atom is -0.350 e. The number of carbonyl (C=O) groups is 1. The Labute approximate surface area is 214 Å². The summed E-state index contributed by atoms with van der Waals surface area (Å²) in [6, 6.07) is 15.2. The summed E-state index contributed by atoms with van der Waals surface area (Å²) in [5, 5.41) is 12.3. The molecule has 7 heteroatoms. The Hall–Kier alpha value is -2.95. The Bertz CT molecular complexity index is 1250. The van der Waals surface area contributed by atoms with E-state index in [-0.39, 0.29) is 11.9 Å². The summed E-state index contributed by atoms with van der Waals surface area (Å²) in [7, 11) is -3.17. The molecule has 1 heterocycles. The molecule has 0 spiro atoms. The highest BCUT2D eigenvalue weighted by molar-refractivity contribution is 7.90. The number of benzene rings is 2. The second kappa shape index (κ2) is 11.9. The number of nitrogens with one attached hydrogen (secondary N) is 1. The standard InChI is InChI=1S/C29H35N3O3S/c1-36(34,35)28-12-8-24-15-18-32(19-16-25(24)20-28)17-14-22-6-10-27(11-7-22)31-29(33)13-9-23-4-2-3-5-26(23)21-30/h2-5,8-9,12-13,20,22,27H,6-7,10-11,14-19H2,1H3,(H,31,33). The van der Waals surface area contributed by atoms with Gasteiger partial charge < -0.3 is 10.2 Å². The van der Waals surface area contributed by atoms with Crippen LogP contribution in [0.25, 0.3) is 6.08 Å². The average molecular weight is 506 g/mol. The van der Waals surface area contributed by atoms with Crippen molar-refractivity contribution in [2.45, 2.75) is 55.9 Å². The summed E-state index contributed by atoms with van der Waals surface area (Å²) in [6.45, 7) is 3.04. The van der Waals surface area contributed by atoms with Crippen LogP contribution in [0.15, 0.2) is 53.4 Å². The van der Waals surface area contributed by atoms with E-state index < -0.39 is 9.84 Å². The van der Waals surface area contributed by atoms with E-state index in [1.165, 1.54) is 23.5 Å². The molecule has 0 atom stereocenters. The molecule has 0 aromatic heterocycles. The first kappa shape index (κ1) is 26.1. The molecule has 36 heavy (non-hydrogen) atoms. The van der Waals surface area contributed by atoms with Crippen LogP contribution in [-0.2, 0) is 27.5 Å². The molecule has 0 bridgehead atoms. The number of rotatable bonds is 7. The maximum absolute atomic E-state index is 12.4. The molecule has 6 nitrogen and oxygen atoms in total. The lowest BCUT2D eigenvalue weighted by atomic mass is 9.84. The van der Waals surface area contributed by atoms with Crippen molar-refractivity contribution >= 4 is 21.8 Å². The molecule has 1 aliphatic carbocycles. The highest BCUT2D eigenvalue weighted by Crippen LogP contribution is 2.28. The zero-order chi connectivity index (χ0) is 25.5. The van der Waals surface area contributed by atoms with Gasteiger partial charge in [-0.1, -0.05) is 24.3 Å². The normalized spacial score (nSPS) is 20.9. The van der Waals surface area contributed by atoms with E-state index in [2.05, 4.69) is 16.3 Å². The van der Waals surface area contributed by atoms with Gasteiger partial charge in [-0.15, -0.1) is 0 Å². The lowest BCUT2D eigenvalue weighted by molar-refractivity contribution is -0.117. The summed E-state index contributed by atoms with van der Waals surface area (Å²) >= 11 is 0. The maximum atomic E-state index is 12.4. The minimum atomic E-state index is -3.17. The predicted molar refractivity (Wildman–Crippen MR) is 142 cm³/mol. The van der Waals surface area contributed by atoms with Crippen molar-refractivity contribution in [2.75, 3.05) is 25.9 Å². The van der Waals surface area contributed by atoms with Gasteiger partial charge in [0.15, 0.2) is 9.84 Å². The largest absolute Gasteiger partial charge is 0.350 e. The molecule has 2 aromatic rings. The van der Waals surface area contributed by atoms with Gasteiger partial charge in [0.2, 0.25) is 5.91 Å². The fraction of sp³-hybridized carbons (Fsp3) is 0.448. The highest BCUT2D eigenvalue weighted by atomic mass is 32.2. The fourth-order valence-corrected chi connectivity index (χ4v) is 5.99. The number of hydrogen-bond donors (Lipinski definition) is 1. The molecular weight excluding hydrogens is 470 g/mol. The molecule has 0 radical (unpaired) electrons. The van der Waals surface area contributed by atoms with E-state index >= 15 is 0 Å². The monoisotopic (exact) mass is 505 g/mol. The molecule has 1 fully saturated rings. The Balaban J connectivity index is 1.19. The number of hydrogen-bond acceptors (Lipinski definition) is 5. The van der Waals surface area contributed by atoms with Crippen molar-refractivity contribution in [1.82, 2.24) is 10.2 Å². The van der Waals surface area contributed by atoms with Gasteiger partial charge in [0.05, 0.1) is 16.5 Å². The molecule has 1 amide bonds. The first-order valence-electron chi connectivity index (χ1n) is 12.8. The van der Waals surface area contributed by atoms with Crippen molar-refractivity contribution in [3.63, 3.8) is 0 Å². The number of sulfone groups is 1. The third kappa shape index (κ3) is 7.05. The summed E-state index contributed by atoms with van der Waals surface area (Å²) in [5.74, 6) is 0.577. The van der Waals surface area contributed by atoms with Gasteiger partial charge in [-0.3, -0.25) is 4.79 Å². The Morgan fingerprint density at radius 2 is 1.81 bits per heavy atom. The number of amides is 1. The van der Waals surface area contributed by atoms with Crippen LogP contribution in [0.5, 0.6) is 0 Å². The van der Waals surface area contributed by atoms with E-state index in [1.807, 2.05) is 30.3 Å². The molecule has 1 aliphatic heterocycles. The van der Waals surface area contributed by atoms with Gasteiger partial charge in [-0.2, -0.15) is 5.26 Å². The van der Waals surface area contributed by atoms with E-state index in [0.717, 1.165) is 70.1 Å². The number of nitrogens with zero attached hydrogens (tertiary/aromatic N) is 2. The van der Waals surface area contributed by atoms with Crippen LogP contribution in [0, 0.1) is 17.2 Å². The van der Waals surface area contributed by atoms with Crippen LogP contribution in [0.3, 0.4) is 0 Å². The second-order valence-corrected chi connectivity index (χ2v) is 12.1. The SMILES string of the molecule is CS(=O)(=O)c1ccc2c(c1)CCN(CCC1CCC(NC(=O)C=Cc3ccccc3C#N)CC1)CC2. The van der Waals surface area contributed by atoms with Crippen LogP contribution in [0.2, 0.25) is 0 Å².